The molecule has 0 atom stereocenters. The van der Waals surface area contributed by atoms with Crippen molar-refractivity contribution in [3.05, 3.63) is 42.0 Å². The van der Waals surface area contributed by atoms with Gasteiger partial charge in [-0.25, -0.2) is 9.78 Å². The number of imidazole rings is 1. The predicted molar refractivity (Wildman–Crippen MR) is 66.2 cm³/mol. The third kappa shape index (κ3) is 2.54. The lowest BCUT2D eigenvalue weighted by molar-refractivity contribution is 0.0697. The second-order valence-corrected chi connectivity index (χ2v) is 3.88. The van der Waals surface area contributed by atoms with Crippen LogP contribution in [0.5, 0.6) is 5.75 Å². The highest BCUT2D eigenvalue weighted by Gasteiger charge is 2.16. The van der Waals surface area contributed by atoms with Crippen molar-refractivity contribution in [3.8, 4) is 5.75 Å². The lowest BCUT2D eigenvalue weighted by Gasteiger charge is -2.09. The van der Waals surface area contributed by atoms with Crippen molar-refractivity contribution in [2.75, 3.05) is 5.32 Å². The number of rotatable bonds is 3. The predicted octanol–water partition coefficient (Wildman–Crippen LogP) is 1.08. The molecule has 0 spiro atoms. The Hall–Kier alpha value is -2.83. The molecule has 1 aromatic carbocycles. The molecule has 3 N–H and O–H groups in total. The van der Waals surface area contributed by atoms with E-state index in [0.29, 0.717) is 5.69 Å². The second-order valence-electron chi connectivity index (χ2n) is 3.88. The highest BCUT2D eigenvalue weighted by Crippen LogP contribution is 2.21. The van der Waals surface area contributed by atoms with Crippen LogP contribution in [-0.4, -0.2) is 31.6 Å². The van der Waals surface area contributed by atoms with Crippen molar-refractivity contribution in [1.29, 1.82) is 0 Å². The summed E-state index contributed by atoms with van der Waals surface area (Å²) in [6.07, 6.45) is 2.83. The molecule has 0 aliphatic heterocycles. The average Bonchev–Trinajstić information content (AvgIpc) is 2.77. The third-order valence-electron chi connectivity index (χ3n) is 2.53. The van der Waals surface area contributed by atoms with Gasteiger partial charge in [0.05, 0.1) is 23.8 Å². The quantitative estimate of drug-likeness (QED) is 0.717. The number of phenolic OH excluding ortho intramolecular Hbond substituents is 1. The number of carbonyl (C=O) groups excluding carboxylic acids is 1. The maximum absolute atomic E-state index is 11.9. The van der Waals surface area contributed by atoms with Crippen LogP contribution in [0.15, 0.2) is 30.7 Å². The number of phenols is 1. The number of nitrogens with one attached hydrogen (secondary N) is 1. The van der Waals surface area contributed by atoms with Gasteiger partial charge in [0, 0.05) is 7.05 Å². The van der Waals surface area contributed by atoms with E-state index in [0.717, 1.165) is 6.07 Å². The fourth-order valence-electron chi connectivity index (χ4n) is 1.58. The van der Waals surface area contributed by atoms with Crippen LogP contribution in [0.25, 0.3) is 0 Å². The summed E-state index contributed by atoms with van der Waals surface area (Å²) in [6.45, 7) is 0. The number of amides is 1. The van der Waals surface area contributed by atoms with E-state index < -0.39 is 11.9 Å². The number of anilines is 1. The SMILES string of the molecule is Cn1cncc1C(=O)Nc1ccc(O)cc1C(=O)O. The van der Waals surface area contributed by atoms with Crippen molar-refractivity contribution in [2.24, 2.45) is 7.05 Å². The van der Waals surface area contributed by atoms with E-state index in [-0.39, 0.29) is 17.0 Å². The number of aromatic nitrogens is 2. The van der Waals surface area contributed by atoms with Gasteiger partial charge in [-0.15, -0.1) is 0 Å². The van der Waals surface area contributed by atoms with Crippen LogP contribution in [0, 0.1) is 0 Å². The number of hydrogen-bond donors (Lipinski definition) is 3. The molecule has 0 saturated heterocycles. The first-order valence-corrected chi connectivity index (χ1v) is 5.33. The van der Waals surface area contributed by atoms with Crippen LogP contribution < -0.4 is 5.32 Å². The van der Waals surface area contributed by atoms with Crippen LogP contribution in [0.1, 0.15) is 20.8 Å². The van der Waals surface area contributed by atoms with Gasteiger partial charge in [0.2, 0.25) is 0 Å². The average molecular weight is 261 g/mol. The molecule has 19 heavy (non-hydrogen) atoms. The highest BCUT2D eigenvalue weighted by atomic mass is 16.4. The van der Waals surface area contributed by atoms with Gasteiger partial charge in [-0.1, -0.05) is 0 Å². The molecule has 0 unspecified atom stereocenters. The van der Waals surface area contributed by atoms with E-state index in [1.165, 1.54) is 29.2 Å². The van der Waals surface area contributed by atoms with E-state index in [1.54, 1.807) is 7.05 Å². The monoisotopic (exact) mass is 261 g/mol. The first-order valence-electron chi connectivity index (χ1n) is 5.33. The van der Waals surface area contributed by atoms with Crippen LogP contribution >= 0.6 is 0 Å². The van der Waals surface area contributed by atoms with E-state index in [2.05, 4.69) is 10.3 Å². The van der Waals surface area contributed by atoms with E-state index in [9.17, 15) is 14.7 Å². The third-order valence-corrected chi connectivity index (χ3v) is 2.53. The zero-order valence-corrected chi connectivity index (χ0v) is 9.99. The first kappa shape index (κ1) is 12.6. The molecule has 0 aliphatic rings. The minimum atomic E-state index is -1.24. The number of carbonyl (C=O) groups is 2. The van der Waals surface area contributed by atoms with E-state index >= 15 is 0 Å². The minimum absolute atomic E-state index is 0.108. The Kier molecular flexibility index (Phi) is 3.19. The van der Waals surface area contributed by atoms with Crippen LogP contribution in [-0.2, 0) is 7.05 Å². The number of benzene rings is 1. The molecule has 98 valence electrons. The minimum Gasteiger partial charge on any atom is -0.508 e. The molecule has 2 rings (SSSR count). The number of carboxylic acid groups (broad SMARTS) is 1. The lowest BCUT2D eigenvalue weighted by Crippen LogP contribution is -2.17. The maximum Gasteiger partial charge on any atom is 0.337 e. The van der Waals surface area contributed by atoms with Crippen LogP contribution in [0.2, 0.25) is 0 Å². The molecular weight excluding hydrogens is 250 g/mol. The molecule has 1 amide bonds. The zero-order chi connectivity index (χ0) is 14.0. The summed E-state index contributed by atoms with van der Waals surface area (Å²) < 4.78 is 1.51. The maximum atomic E-state index is 11.9. The summed E-state index contributed by atoms with van der Waals surface area (Å²) in [4.78, 5) is 26.8. The molecule has 1 heterocycles. The molecule has 0 bridgehead atoms. The smallest absolute Gasteiger partial charge is 0.337 e. The molecular formula is C12H11N3O4. The molecule has 0 saturated carbocycles. The molecule has 2 aromatic rings. The summed E-state index contributed by atoms with van der Waals surface area (Å²) in [5, 5.41) is 20.7. The van der Waals surface area contributed by atoms with Gasteiger partial charge < -0.3 is 20.1 Å². The Morgan fingerprint density at radius 3 is 2.68 bits per heavy atom. The van der Waals surface area contributed by atoms with E-state index in [1.807, 2.05) is 0 Å². The van der Waals surface area contributed by atoms with Gasteiger partial charge in [-0.2, -0.15) is 0 Å². The van der Waals surface area contributed by atoms with Crippen molar-refractivity contribution in [1.82, 2.24) is 9.55 Å². The Bertz CT molecular complexity index is 648. The standard InChI is InChI=1S/C12H11N3O4/c1-15-6-13-5-10(15)11(17)14-9-3-2-7(16)4-8(9)12(18)19/h2-6,16H,1H3,(H,14,17)(H,18,19). The summed E-state index contributed by atoms with van der Waals surface area (Å²) in [5.41, 5.74) is 0.219. The topological polar surface area (TPSA) is 104 Å². The fraction of sp³-hybridized carbons (Fsp3) is 0.0833. The Labute approximate surface area is 108 Å². The molecule has 0 aliphatic carbocycles. The highest BCUT2D eigenvalue weighted by molar-refractivity contribution is 6.06. The van der Waals surface area contributed by atoms with Crippen molar-refractivity contribution in [3.63, 3.8) is 0 Å². The molecule has 7 heteroatoms. The number of aromatic carboxylic acids is 1. The van der Waals surface area contributed by atoms with Gasteiger partial charge in [0.1, 0.15) is 11.4 Å². The number of aromatic hydroxyl groups is 1. The fourth-order valence-corrected chi connectivity index (χ4v) is 1.58. The Morgan fingerprint density at radius 2 is 2.11 bits per heavy atom. The van der Waals surface area contributed by atoms with Gasteiger partial charge in [0.25, 0.3) is 5.91 Å². The van der Waals surface area contributed by atoms with Crippen molar-refractivity contribution >= 4 is 17.6 Å². The Balaban J connectivity index is 2.32. The summed E-state index contributed by atoms with van der Waals surface area (Å²) >= 11 is 0. The van der Waals surface area contributed by atoms with Crippen molar-refractivity contribution < 1.29 is 19.8 Å². The van der Waals surface area contributed by atoms with Gasteiger partial charge >= 0.3 is 5.97 Å². The van der Waals surface area contributed by atoms with Gasteiger partial charge in [-0.05, 0) is 18.2 Å². The molecule has 7 nitrogen and oxygen atoms in total. The van der Waals surface area contributed by atoms with Crippen molar-refractivity contribution in [2.45, 2.75) is 0 Å². The summed E-state index contributed by atoms with van der Waals surface area (Å²) in [5.74, 6) is -1.90. The van der Waals surface area contributed by atoms with Crippen LogP contribution in [0.4, 0.5) is 5.69 Å². The van der Waals surface area contributed by atoms with Gasteiger partial charge in [-0.3, -0.25) is 4.79 Å². The molecule has 0 fully saturated rings. The molecule has 0 radical (unpaired) electrons. The normalized spacial score (nSPS) is 10.2. The summed E-state index contributed by atoms with van der Waals surface area (Å²) in [7, 11) is 1.65. The zero-order valence-electron chi connectivity index (χ0n) is 9.99. The van der Waals surface area contributed by atoms with E-state index in [4.69, 9.17) is 5.11 Å². The number of carboxylic acids is 1. The van der Waals surface area contributed by atoms with Crippen LogP contribution in [0.3, 0.4) is 0 Å². The first-order chi connectivity index (χ1) is 8.99. The lowest BCUT2D eigenvalue weighted by atomic mass is 10.1. The number of aryl methyl sites for hydroxylation is 1. The largest absolute Gasteiger partial charge is 0.508 e. The second kappa shape index (κ2) is 4.81. The Morgan fingerprint density at radius 1 is 1.37 bits per heavy atom. The summed E-state index contributed by atoms with van der Waals surface area (Å²) in [6, 6.07) is 3.69. The molecule has 1 aromatic heterocycles. The number of nitrogens with zero attached hydrogens (tertiary/aromatic N) is 2. The number of hydrogen-bond acceptors (Lipinski definition) is 4. The van der Waals surface area contributed by atoms with Gasteiger partial charge in [0.15, 0.2) is 0 Å².